The van der Waals surface area contributed by atoms with Gasteiger partial charge in [-0.25, -0.2) is 0 Å². The van der Waals surface area contributed by atoms with E-state index in [0.717, 1.165) is 25.1 Å². The van der Waals surface area contributed by atoms with Crippen molar-refractivity contribution in [3.63, 3.8) is 0 Å². The van der Waals surface area contributed by atoms with Crippen LogP contribution >= 0.6 is 22.9 Å². The molecule has 0 spiro atoms. The highest BCUT2D eigenvalue weighted by Gasteiger charge is 2.12. The Kier molecular flexibility index (Phi) is 12.3. The Labute approximate surface area is 225 Å². The molecular weight excluding hydrogens is 488 g/mol. The number of ether oxygens (including phenoxy) is 1. The van der Waals surface area contributed by atoms with E-state index in [2.05, 4.69) is 34.6 Å². The van der Waals surface area contributed by atoms with Crippen LogP contribution in [0.15, 0.2) is 53.4 Å². The highest BCUT2D eigenvalue weighted by molar-refractivity contribution is 7.07. The third-order valence-corrected chi connectivity index (χ3v) is 7.56. The smallest absolute Gasteiger partial charge is 0.255 e. The third-order valence-electron chi connectivity index (χ3n) is 6.39. The van der Waals surface area contributed by atoms with Crippen LogP contribution in [0.3, 0.4) is 0 Å². The van der Waals surface area contributed by atoms with Crippen molar-refractivity contribution in [2.24, 2.45) is 0 Å². The first-order chi connectivity index (χ1) is 17.6. The van der Waals surface area contributed by atoms with Crippen molar-refractivity contribution in [1.82, 2.24) is 0 Å². The van der Waals surface area contributed by atoms with Crippen LogP contribution < -0.4 is 14.6 Å². The number of nitrogens with one attached hydrogen (secondary N) is 1. The van der Waals surface area contributed by atoms with Crippen molar-refractivity contribution in [1.29, 1.82) is 0 Å². The Balaban J connectivity index is 1.40. The van der Waals surface area contributed by atoms with Crippen molar-refractivity contribution in [3.8, 4) is 5.75 Å². The molecule has 3 aromatic rings. The van der Waals surface area contributed by atoms with Crippen LogP contribution in [-0.2, 0) is 6.54 Å². The number of hydrogen-bond acceptors (Lipinski definition) is 3. The molecule has 3 rings (SSSR count). The number of nitrogens with zero attached hydrogens (tertiary/aromatic N) is 1. The number of thiazole rings is 1. The fourth-order valence-electron chi connectivity index (χ4n) is 4.14. The predicted octanol–water partition coefficient (Wildman–Crippen LogP) is 8.60. The normalized spacial score (nSPS) is 11.0. The molecule has 194 valence electrons. The number of aromatic nitrogens is 1. The van der Waals surface area contributed by atoms with E-state index in [0.29, 0.717) is 22.9 Å². The molecule has 36 heavy (non-hydrogen) atoms. The summed E-state index contributed by atoms with van der Waals surface area (Å²) < 4.78 is 8.12. The molecule has 6 heteroatoms. The van der Waals surface area contributed by atoms with Gasteiger partial charge in [0.1, 0.15) is 5.75 Å². The number of rotatable bonds is 16. The molecule has 0 unspecified atom stereocenters. The van der Waals surface area contributed by atoms with E-state index < -0.39 is 0 Å². The van der Waals surface area contributed by atoms with Crippen LogP contribution in [0.25, 0.3) is 0 Å². The van der Waals surface area contributed by atoms with Crippen molar-refractivity contribution in [2.45, 2.75) is 84.6 Å². The molecule has 1 heterocycles. The van der Waals surface area contributed by atoms with E-state index in [9.17, 15) is 4.79 Å². The summed E-state index contributed by atoms with van der Waals surface area (Å²) in [4.78, 5) is 12.8. The van der Waals surface area contributed by atoms with Gasteiger partial charge in [-0.3, -0.25) is 4.79 Å². The highest BCUT2D eigenvalue weighted by Crippen LogP contribution is 2.26. The molecule has 0 saturated carbocycles. The largest absolute Gasteiger partial charge is 0.492 e. The number of halogens is 1. The first kappa shape index (κ1) is 28.2. The quantitative estimate of drug-likeness (QED) is 0.150. The van der Waals surface area contributed by atoms with E-state index >= 15 is 0 Å². The van der Waals surface area contributed by atoms with Crippen LogP contribution in [0.5, 0.6) is 5.75 Å². The summed E-state index contributed by atoms with van der Waals surface area (Å²) in [5.41, 5.74) is 5.84. The number of benzene rings is 2. The maximum atomic E-state index is 12.8. The minimum absolute atomic E-state index is 0.175. The molecule has 0 atom stereocenters. The van der Waals surface area contributed by atoms with Gasteiger partial charge in [0.05, 0.1) is 17.0 Å². The predicted molar refractivity (Wildman–Crippen MR) is 152 cm³/mol. The van der Waals surface area contributed by atoms with Crippen molar-refractivity contribution >= 4 is 34.5 Å². The molecular formula is C30H40ClN2O2S+. The maximum absolute atomic E-state index is 12.8. The van der Waals surface area contributed by atoms with Crippen molar-refractivity contribution in [3.05, 3.63) is 75.2 Å². The minimum Gasteiger partial charge on any atom is -0.492 e. The third kappa shape index (κ3) is 9.59. The first-order valence-corrected chi connectivity index (χ1v) is 14.6. The highest BCUT2D eigenvalue weighted by atomic mass is 35.5. The van der Waals surface area contributed by atoms with Gasteiger partial charge in [-0.05, 0) is 36.8 Å². The molecule has 0 aliphatic rings. The van der Waals surface area contributed by atoms with Crippen molar-refractivity contribution in [2.75, 3.05) is 11.9 Å². The monoisotopic (exact) mass is 527 g/mol. The van der Waals surface area contributed by atoms with E-state index in [-0.39, 0.29) is 5.91 Å². The molecule has 1 amide bonds. The lowest BCUT2D eigenvalue weighted by Gasteiger charge is -2.11. The Hall–Kier alpha value is -2.37. The molecule has 1 aromatic heterocycles. The average Bonchev–Trinajstić information content (AvgIpc) is 3.28. The Bertz CT molecular complexity index is 1070. The molecule has 0 aliphatic carbocycles. The zero-order valence-corrected chi connectivity index (χ0v) is 23.3. The molecule has 4 nitrogen and oxygen atoms in total. The molecule has 1 N–H and O–H groups in total. The van der Waals surface area contributed by atoms with Crippen LogP contribution in [0.2, 0.25) is 5.02 Å². The standard InChI is InChI=1S/C30H39ClN2O2S/c1-3-4-5-6-7-8-9-10-11-12-19-35-29-20-26(15-18-28(29)31)30(34)32-27-16-13-25(14-17-27)21-33-23-36-22-24(33)2/h13-18,20,22-23H,3-12,19,21H2,1-2H3/p+1. The van der Waals surface area contributed by atoms with Gasteiger partial charge in [-0.1, -0.05) is 99.8 Å². The molecule has 0 radical (unpaired) electrons. The maximum Gasteiger partial charge on any atom is 0.255 e. The van der Waals surface area contributed by atoms with Gasteiger partial charge in [0.25, 0.3) is 5.91 Å². The molecule has 0 aliphatic heterocycles. The Morgan fingerprint density at radius 1 is 0.944 bits per heavy atom. The van der Waals surface area contributed by atoms with Gasteiger partial charge in [0.2, 0.25) is 5.51 Å². The number of aryl methyl sites for hydroxylation is 1. The minimum atomic E-state index is -0.175. The Morgan fingerprint density at radius 2 is 1.61 bits per heavy atom. The number of anilines is 1. The van der Waals surface area contributed by atoms with Gasteiger partial charge in [-0.15, -0.1) is 0 Å². The summed E-state index contributed by atoms with van der Waals surface area (Å²) in [6.07, 6.45) is 12.8. The summed E-state index contributed by atoms with van der Waals surface area (Å²) in [6, 6.07) is 13.2. The van der Waals surface area contributed by atoms with Crippen LogP contribution in [0.4, 0.5) is 5.69 Å². The van der Waals surface area contributed by atoms with Crippen LogP contribution in [-0.4, -0.2) is 12.5 Å². The molecule has 0 saturated heterocycles. The second-order valence-electron chi connectivity index (χ2n) is 9.46. The number of unbranched alkanes of at least 4 members (excludes halogenated alkanes) is 9. The van der Waals surface area contributed by atoms with Gasteiger partial charge in [-0.2, -0.15) is 4.57 Å². The van der Waals surface area contributed by atoms with Gasteiger partial charge in [0.15, 0.2) is 12.2 Å². The van der Waals surface area contributed by atoms with E-state index in [1.807, 2.05) is 24.3 Å². The van der Waals surface area contributed by atoms with Gasteiger partial charge in [0, 0.05) is 23.7 Å². The Morgan fingerprint density at radius 3 is 2.25 bits per heavy atom. The molecule has 0 bridgehead atoms. The zero-order chi connectivity index (χ0) is 25.6. The SMILES string of the molecule is CCCCCCCCCCCCOc1cc(C(=O)Nc2ccc(C[n+]3cscc3C)cc2)ccc1Cl. The second kappa shape index (κ2) is 15.7. The number of hydrogen-bond donors (Lipinski definition) is 1. The fraction of sp³-hybridized carbons (Fsp3) is 0.467. The first-order valence-electron chi connectivity index (χ1n) is 13.3. The van der Waals surface area contributed by atoms with E-state index in [1.165, 1.54) is 62.6 Å². The van der Waals surface area contributed by atoms with E-state index in [4.69, 9.17) is 16.3 Å². The summed E-state index contributed by atoms with van der Waals surface area (Å²) in [5.74, 6) is 0.394. The number of amides is 1. The summed E-state index contributed by atoms with van der Waals surface area (Å²) in [7, 11) is 0. The van der Waals surface area contributed by atoms with Gasteiger partial charge >= 0.3 is 0 Å². The van der Waals surface area contributed by atoms with Crippen LogP contribution in [0, 0.1) is 6.92 Å². The number of carbonyl (C=O) groups excluding carboxylic acids is 1. The number of carbonyl (C=O) groups is 1. The topological polar surface area (TPSA) is 42.2 Å². The summed E-state index contributed by atoms with van der Waals surface area (Å²) >= 11 is 8.02. The molecule has 2 aromatic carbocycles. The van der Waals surface area contributed by atoms with Crippen molar-refractivity contribution < 1.29 is 14.1 Å². The van der Waals surface area contributed by atoms with Crippen LogP contribution in [0.1, 0.15) is 92.7 Å². The summed E-state index contributed by atoms with van der Waals surface area (Å²) in [5, 5.41) is 5.64. The van der Waals surface area contributed by atoms with Gasteiger partial charge < -0.3 is 10.1 Å². The molecule has 0 fully saturated rings. The zero-order valence-electron chi connectivity index (χ0n) is 21.7. The second-order valence-corrected chi connectivity index (χ2v) is 10.6. The summed E-state index contributed by atoms with van der Waals surface area (Å²) in [6.45, 7) is 5.80. The fourth-order valence-corrected chi connectivity index (χ4v) is 5.09. The lowest BCUT2D eigenvalue weighted by atomic mass is 10.1. The van der Waals surface area contributed by atoms with E-state index in [1.54, 1.807) is 29.5 Å². The lowest BCUT2D eigenvalue weighted by molar-refractivity contribution is -0.689. The lowest BCUT2D eigenvalue weighted by Crippen LogP contribution is -2.34. The average molecular weight is 528 g/mol.